The SMILES string of the molecule is CCN(Cc1c(C(=O)OCC2CO2)ccc(N)c1Br)C1CCCCC1. The number of carbonyl (C=O) groups excluding carboxylic acids is 1. The number of ether oxygens (including phenoxy) is 2. The van der Waals surface area contributed by atoms with Gasteiger partial charge in [0, 0.05) is 22.7 Å². The lowest BCUT2D eigenvalue weighted by Gasteiger charge is -2.34. The van der Waals surface area contributed by atoms with Crippen molar-refractivity contribution in [3.05, 3.63) is 27.7 Å². The number of carbonyl (C=O) groups is 1. The van der Waals surface area contributed by atoms with Gasteiger partial charge in [0.25, 0.3) is 0 Å². The summed E-state index contributed by atoms with van der Waals surface area (Å²) in [5, 5.41) is 0. The van der Waals surface area contributed by atoms with Crippen molar-refractivity contribution >= 4 is 27.6 Å². The molecule has 2 N–H and O–H groups in total. The van der Waals surface area contributed by atoms with Gasteiger partial charge in [-0.2, -0.15) is 0 Å². The number of hydrogen-bond donors (Lipinski definition) is 1. The van der Waals surface area contributed by atoms with Gasteiger partial charge in [0.05, 0.1) is 12.2 Å². The van der Waals surface area contributed by atoms with Gasteiger partial charge in [0.2, 0.25) is 0 Å². The number of epoxide rings is 1. The highest BCUT2D eigenvalue weighted by Crippen LogP contribution is 2.31. The molecule has 25 heavy (non-hydrogen) atoms. The van der Waals surface area contributed by atoms with E-state index in [1.165, 1.54) is 32.1 Å². The highest BCUT2D eigenvalue weighted by Gasteiger charge is 2.27. The normalized spacial score (nSPS) is 20.7. The largest absolute Gasteiger partial charge is 0.459 e. The van der Waals surface area contributed by atoms with Crippen LogP contribution in [-0.4, -0.2) is 42.8 Å². The van der Waals surface area contributed by atoms with Crippen molar-refractivity contribution in [2.24, 2.45) is 0 Å². The van der Waals surface area contributed by atoms with E-state index in [0.717, 1.165) is 16.6 Å². The Bertz CT molecular complexity index is 613. The smallest absolute Gasteiger partial charge is 0.338 e. The molecular weight excluding hydrogens is 384 g/mol. The summed E-state index contributed by atoms with van der Waals surface area (Å²) < 4.78 is 11.3. The zero-order valence-corrected chi connectivity index (χ0v) is 16.4. The van der Waals surface area contributed by atoms with Gasteiger partial charge in [-0.15, -0.1) is 0 Å². The van der Waals surface area contributed by atoms with Gasteiger partial charge < -0.3 is 15.2 Å². The molecule has 2 fully saturated rings. The molecule has 1 aliphatic carbocycles. The first-order chi connectivity index (χ1) is 12.1. The summed E-state index contributed by atoms with van der Waals surface area (Å²) in [6.45, 7) is 4.84. The molecular formula is C19H27BrN2O3. The standard InChI is InChI=1S/C19H27BrN2O3/c1-2-22(13-6-4-3-5-7-13)10-16-15(8-9-17(21)18(16)20)19(23)25-12-14-11-24-14/h8-9,13-14H,2-7,10-12,21H2,1H3. The fourth-order valence-electron chi connectivity index (χ4n) is 3.54. The first-order valence-electron chi connectivity index (χ1n) is 9.19. The van der Waals surface area contributed by atoms with Crippen LogP contribution in [0.25, 0.3) is 0 Å². The number of nitrogens with two attached hydrogens (primary N) is 1. The van der Waals surface area contributed by atoms with Crippen LogP contribution in [0.2, 0.25) is 0 Å². The highest BCUT2D eigenvalue weighted by atomic mass is 79.9. The van der Waals surface area contributed by atoms with Crippen LogP contribution in [0.4, 0.5) is 5.69 Å². The zero-order chi connectivity index (χ0) is 17.8. The van der Waals surface area contributed by atoms with E-state index in [1.807, 2.05) is 0 Å². The molecule has 1 saturated carbocycles. The molecule has 0 spiro atoms. The van der Waals surface area contributed by atoms with E-state index in [-0.39, 0.29) is 12.1 Å². The minimum atomic E-state index is -0.300. The van der Waals surface area contributed by atoms with Crippen molar-refractivity contribution in [1.82, 2.24) is 4.90 Å². The molecule has 1 saturated heterocycles. The van der Waals surface area contributed by atoms with Crippen molar-refractivity contribution in [1.29, 1.82) is 0 Å². The molecule has 1 aromatic rings. The second-order valence-corrected chi connectivity index (χ2v) is 7.70. The molecule has 0 aromatic heterocycles. The summed E-state index contributed by atoms with van der Waals surface area (Å²) in [4.78, 5) is 15.0. The third-order valence-electron chi connectivity index (χ3n) is 5.15. The van der Waals surface area contributed by atoms with Crippen LogP contribution in [0.1, 0.15) is 54.9 Å². The van der Waals surface area contributed by atoms with Crippen molar-refractivity contribution in [2.45, 2.75) is 57.7 Å². The number of hydrogen-bond acceptors (Lipinski definition) is 5. The van der Waals surface area contributed by atoms with Crippen molar-refractivity contribution < 1.29 is 14.3 Å². The molecule has 6 heteroatoms. The van der Waals surface area contributed by atoms with Gasteiger partial charge >= 0.3 is 5.97 Å². The lowest BCUT2D eigenvalue weighted by atomic mass is 9.93. The molecule has 2 aliphatic rings. The maximum atomic E-state index is 12.5. The Morgan fingerprint density at radius 2 is 2.08 bits per heavy atom. The quantitative estimate of drug-likeness (QED) is 0.421. The molecule has 1 heterocycles. The molecule has 0 radical (unpaired) electrons. The molecule has 5 nitrogen and oxygen atoms in total. The van der Waals surface area contributed by atoms with Crippen molar-refractivity contribution in [3.8, 4) is 0 Å². The van der Waals surface area contributed by atoms with E-state index < -0.39 is 0 Å². The van der Waals surface area contributed by atoms with Crippen LogP contribution in [0, 0.1) is 0 Å². The summed E-state index contributed by atoms with van der Waals surface area (Å²) in [6.07, 6.45) is 6.43. The van der Waals surface area contributed by atoms with E-state index in [1.54, 1.807) is 12.1 Å². The van der Waals surface area contributed by atoms with Gasteiger partial charge in [-0.25, -0.2) is 4.79 Å². The molecule has 1 aromatic carbocycles. The van der Waals surface area contributed by atoms with E-state index in [9.17, 15) is 4.79 Å². The monoisotopic (exact) mass is 410 g/mol. The van der Waals surface area contributed by atoms with E-state index in [4.69, 9.17) is 15.2 Å². The van der Waals surface area contributed by atoms with Crippen molar-refractivity contribution in [3.63, 3.8) is 0 Å². The highest BCUT2D eigenvalue weighted by molar-refractivity contribution is 9.10. The van der Waals surface area contributed by atoms with Crippen LogP contribution < -0.4 is 5.73 Å². The van der Waals surface area contributed by atoms with Gasteiger partial charge in [-0.3, -0.25) is 4.90 Å². The van der Waals surface area contributed by atoms with E-state index in [2.05, 4.69) is 27.8 Å². The average molecular weight is 411 g/mol. The van der Waals surface area contributed by atoms with Crippen LogP contribution >= 0.6 is 15.9 Å². The zero-order valence-electron chi connectivity index (χ0n) is 14.8. The Hall–Kier alpha value is -1.11. The molecule has 1 aliphatic heterocycles. The molecule has 138 valence electrons. The summed E-state index contributed by atoms with van der Waals surface area (Å²) in [6, 6.07) is 4.12. The van der Waals surface area contributed by atoms with Gasteiger partial charge in [0.15, 0.2) is 0 Å². The van der Waals surface area contributed by atoms with Crippen LogP contribution in [0.5, 0.6) is 0 Å². The Labute approximate surface area is 158 Å². The fourth-order valence-corrected chi connectivity index (χ4v) is 4.02. The van der Waals surface area contributed by atoms with Crippen molar-refractivity contribution in [2.75, 3.05) is 25.5 Å². The Morgan fingerprint density at radius 3 is 2.72 bits per heavy atom. The second kappa shape index (κ2) is 8.52. The number of anilines is 1. The van der Waals surface area contributed by atoms with Crippen LogP contribution in [-0.2, 0) is 16.0 Å². The molecule has 1 unspecified atom stereocenters. The number of benzene rings is 1. The van der Waals surface area contributed by atoms with Gasteiger partial charge in [0.1, 0.15) is 12.7 Å². The number of nitrogens with zero attached hydrogens (tertiary/aromatic N) is 1. The maximum Gasteiger partial charge on any atom is 0.338 e. The van der Waals surface area contributed by atoms with Crippen LogP contribution in [0.15, 0.2) is 16.6 Å². The second-order valence-electron chi connectivity index (χ2n) is 6.90. The average Bonchev–Trinajstić information content (AvgIpc) is 3.46. The third-order valence-corrected chi connectivity index (χ3v) is 6.09. The first kappa shape index (κ1) is 18.7. The number of esters is 1. The Morgan fingerprint density at radius 1 is 1.36 bits per heavy atom. The summed E-state index contributed by atoms with van der Waals surface area (Å²) in [7, 11) is 0. The predicted molar refractivity (Wildman–Crippen MR) is 102 cm³/mol. The summed E-state index contributed by atoms with van der Waals surface area (Å²) >= 11 is 3.59. The molecule has 1 atom stereocenters. The lowest BCUT2D eigenvalue weighted by molar-refractivity contribution is 0.0473. The van der Waals surface area contributed by atoms with Crippen LogP contribution in [0.3, 0.4) is 0 Å². The third kappa shape index (κ3) is 4.74. The maximum absolute atomic E-state index is 12.5. The minimum Gasteiger partial charge on any atom is -0.459 e. The fraction of sp³-hybridized carbons (Fsp3) is 0.632. The van der Waals surface area contributed by atoms with E-state index >= 15 is 0 Å². The van der Waals surface area contributed by atoms with E-state index in [0.29, 0.717) is 37.1 Å². The molecule has 3 rings (SSSR count). The number of nitrogen functional groups attached to an aromatic ring is 1. The first-order valence-corrected chi connectivity index (χ1v) is 9.99. The Kier molecular flexibility index (Phi) is 6.36. The summed E-state index contributed by atoms with van der Waals surface area (Å²) in [5.74, 6) is -0.300. The number of halogens is 1. The summed E-state index contributed by atoms with van der Waals surface area (Å²) in [5.41, 5.74) is 8.25. The predicted octanol–water partition coefficient (Wildman–Crippen LogP) is 3.74. The molecule has 0 amide bonds. The minimum absolute atomic E-state index is 0.0685. The lowest BCUT2D eigenvalue weighted by Crippen LogP contribution is -2.36. The number of rotatable bonds is 7. The van der Waals surface area contributed by atoms with Gasteiger partial charge in [-0.05, 0) is 53.0 Å². The Balaban J connectivity index is 1.79. The molecule has 0 bridgehead atoms. The topological polar surface area (TPSA) is 68.1 Å². The van der Waals surface area contributed by atoms with Gasteiger partial charge in [-0.1, -0.05) is 26.2 Å².